The average Bonchev–Trinajstić information content (AvgIpc) is 2.71. The highest BCUT2D eigenvalue weighted by Crippen LogP contribution is 2.33. The van der Waals surface area contributed by atoms with Gasteiger partial charge in [-0.25, -0.2) is 0 Å². The Morgan fingerprint density at radius 3 is 2.55 bits per heavy atom. The van der Waals surface area contributed by atoms with E-state index in [0.29, 0.717) is 11.1 Å². The maximum absolute atomic E-state index is 9.70. The van der Waals surface area contributed by atoms with E-state index in [2.05, 4.69) is 41.4 Å². The Hall–Kier alpha value is -2.30. The monoisotopic (exact) mass is 408 g/mol. The predicted octanol–water partition coefficient (Wildman–Crippen LogP) is 5.59. The zero-order chi connectivity index (χ0) is 20.4. The van der Waals surface area contributed by atoms with Crippen LogP contribution >= 0.6 is 11.6 Å². The van der Waals surface area contributed by atoms with Gasteiger partial charge in [0.25, 0.3) is 0 Å². The van der Waals surface area contributed by atoms with Gasteiger partial charge in [0.1, 0.15) is 5.75 Å². The molecule has 0 aliphatic heterocycles. The Morgan fingerprint density at radius 2 is 1.83 bits per heavy atom. The molecule has 0 saturated heterocycles. The lowest BCUT2D eigenvalue weighted by molar-refractivity contribution is 0.255. The minimum Gasteiger partial charge on any atom is -0.506 e. The average molecular weight is 409 g/mol. The van der Waals surface area contributed by atoms with Gasteiger partial charge in [0.05, 0.1) is 16.2 Å². The van der Waals surface area contributed by atoms with Gasteiger partial charge in [-0.2, -0.15) is 0 Å². The van der Waals surface area contributed by atoms with Crippen LogP contribution in [-0.4, -0.2) is 41.7 Å². The standard InChI is InChI=1S/C24H27ClN3O/c1-28(2)15-16-3-7-19(8-4-16)27-23-11-12-26-22-9-5-17(13-20(22)23)18-6-10-24(29)21(25)14-18/h5-6,9-10,12-14,16,19,29H,3-4,7-8,15H2,1-2H3,(H,26,27)/t16-,19-. The van der Waals surface area contributed by atoms with Gasteiger partial charge in [-0.1, -0.05) is 23.7 Å². The summed E-state index contributed by atoms with van der Waals surface area (Å²) < 4.78 is 0. The summed E-state index contributed by atoms with van der Waals surface area (Å²) in [5, 5.41) is 14.8. The van der Waals surface area contributed by atoms with Crippen molar-refractivity contribution in [1.29, 1.82) is 0 Å². The molecule has 1 aliphatic rings. The molecule has 1 aromatic heterocycles. The summed E-state index contributed by atoms with van der Waals surface area (Å²) >= 11 is 6.10. The summed E-state index contributed by atoms with van der Waals surface area (Å²) in [6, 6.07) is 15.3. The summed E-state index contributed by atoms with van der Waals surface area (Å²) in [6.45, 7) is 1.18. The number of hydrogen-bond acceptors (Lipinski definition) is 4. The molecule has 29 heavy (non-hydrogen) atoms. The molecule has 1 heterocycles. The molecule has 1 saturated carbocycles. The Kier molecular flexibility index (Phi) is 5.93. The number of nitrogens with zero attached hydrogens (tertiary/aromatic N) is 2. The highest BCUT2D eigenvalue weighted by Gasteiger charge is 2.22. The van der Waals surface area contributed by atoms with E-state index in [9.17, 15) is 5.11 Å². The van der Waals surface area contributed by atoms with E-state index >= 15 is 0 Å². The van der Waals surface area contributed by atoms with Crippen LogP contribution in [0.4, 0.5) is 5.69 Å². The normalized spacial score (nSPS) is 19.6. The SMILES string of the molecule is CN(C)C[C@H]1CC[C@H](Nc2[c]cnc3ccc(-c4ccc(O)c(Cl)c4)cc23)CC1. The van der Waals surface area contributed by atoms with Gasteiger partial charge < -0.3 is 15.3 Å². The summed E-state index contributed by atoms with van der Waals surface area (Å²) in [4.78, 5) is 6.77. The molecule has 0 unspecified atom stereocenters. The van der Waals surface area contributed by atoms with Crippen molar-refractivity contribution in [3.8, 4) is 16.9 Å². The molecule has 0 atom stereocenters. The van der Waals surface area contributed by atoms with Crippen LogP contribution in [0, 0.1) is 12.0 Å². The molecule has 0 spiro atoms. The smallest absolute Gasteiger partial charge is 0.134 e. The highest BCUT2D eigenvalue weighted by molar-refractivity contribution is 6.32. The summed E-state index contributed by atoms with van der Waals surface area (Å²) in [6.07, 6.45) is 6.64. The molecule has 2 N–H and O–H groups in total. The van der Waals surface area contributed by atoms with Gasteiger partial charge in [0.2, 0.25) is 0 Å². The maximum atomic E-state index is 9.70. The molecule has 151 valence electrons. The second kappa shape index (κ2) is 8.60. The van der Waals surface area contributed by atoms with Crippen LogP contribution in [0.1, 0.15) is 25.7 Å². The van der Waals surface area contributed by atoms with E-state index in [1.54, 1.807) is 18.3 Å². The molecule has 1 radical (unpaired) electrons. The Balaban J connectivity index is 1.56. The number of anilines is 1. The first-order valence-corrected chi connectivity index (χ1v) is 10.6. The van der Waals surface area contributed by atoms with E-state index in [1.807, 2.05) is 18.2 Å². The molecule has 2 aromatic carbocycles. The number of rotatable bonds is 5. The zero-order valence-electron chi connectivity index (χ0n) is 17.0. The lowest BCUT2D eigenvalue weighted by Gasteiger charge is -2.31. The van der Waals surface area contributed by atoms with Crippen molar-refractivity contribution >= 4 is 28.2 Å². The predicted molar refractivity (Wildman–Crippen MR) is 121 cm³/mol. The van der Waals surface area contributed by atoms with Crippen LogP contribution in [0.15, 0.2) is 42.6 Å². The minimum absolute atomic E-state index is 0.0958. The summed E-state index contributed by atoms with van der Waals surface area (Å²) in [5.74, 6) is 0.894. The third-order valence-corrected chi connectivity index (χ3v) is 6.08. The number of pyridine rings is 1. The molecular formula is C24H27ClN3O. The van der Waals surface area contributed by atoms with Crippen molar-refractivity contribution in [2.75, 3.05) is 26.0 Å². The number of phenolic OH excluding ortho intramolecular Hbond substituents is 1. The van der Waals surface area contributed by atoms with E-state index in [4.69, 9.17) is 11.6 Å². The molecule has 4 rings (SSSR count). The second-order valence-electron chi connectivity index (χ2n) is 8.30. The van der Waals surface area contributed by atoms with Crippen molar-refractivity contribution in [3.05, 3.63) is 53.7 Å². The van der Waals surface area contributed by atoms with Crippen molar-refractivity contribution in [2.45, 2.75) is 31.7 Å². The zero-order valence-corrected chi connectivity index (χ0v) is 17.7. The quantitative estimate of drug-likeness (QED) is 0.577. The first-order chi connectivity index (χ1) is 14.0. The summed E-state index contributed by atoms with van der Waals surface area (Å²) in [7, 11) is 4.31. The third-order valence-electron chi connectivity index (χ3n) is 5.78. The number of nitrogens with one attached hydrogen (secondary N) is 1. The first kappa shape index (κ1) is 20.0. The van der Waals surface area contributed by atoms with Crippen LogP contribution < -0.4 is 5.32 Å². The van der Waals surface area contributed by atoms with Gasteiger partial charge >= 0.3 is 0 Å². The largest absolute Gasteiger partial charge is 0.506 e. The van der Waals surface area contributed by atoms with E-state index < -0.39 is 0 Å². The van der Waals surface area contributed by atoms with E-state index in [-0.39, 0.29) is 5.75 Å². The van der Waals surface area contributed by atoms with Crippen molar-refractivity contribution in [3.63, 3.8) is 0 Å². The van der Waals surface area contributed by atoms with Crippen molar-refractivity contribution in [1.82, 2.24) is 9.88 Å². The second-order valence-corrected chi connectivity index (χ2v) is 8.71. The van der Waals surface area contributed by atoms with Gasteiger partial charge in [0, 0.05) is 30.2 Å². The fourth-order valence-electron chi connectivity index (χ4n) is 4.29. The Labute approximate surface area is 177 Å². The van der Waals surface area contributed by atoms with Crippen LogP contribution in [0.25, 0.3) is 22.0 Å². The topological polar surface area (TPSA) is 48.4 Å². The van der Waals surface area contributed by atoms with Gasteiger partial charge in [-0.3, -0.25) is 4.98 Å². The highest BCUT2D eigenvalue weighted by atomic mass is 35.5. The molecule has 0 bridgehead atoms. The number of benzene rings is 2. The number of hydrogen-bond donors (Lipinski definition) is 2. The Morgan fingerprint density at radius 1 is 1.10 bits per heavy atom. The minimum atomic E-state index is 0.0958. The number of phenols is 1. The van der Waals surface area contributed by atoms with Gasteiger partial charge in [0.15, 0.2) is 0 Å². The van der Waals surface area contributed by atoms with E-state index in [1.165, 1.54) is 32.2 Å². The lowest BCUT2D eigenvalue weighted by Crippen LogP contribution is -2.31. The molecular weight excluding hydrogens is 382 g/mol. The molecule has 5 heteroatoms. The van der Waals surface area contributed by atoms with Crippen LogP contribution in [0.5, 0.6) is 5.75 Å². The number of aromatic hydroxyl groups is 1. The number of fused-ring (bicyclic) bond motifs is 1. The number of aromatic nitrogens is 1. The lowest BCUT2D eigenvalue weighted by atomic mass is 9.85. The molecule has 4 nitrogen and oxygen atoms in total. The third kappa shape index (κ3) is 4.65. The summed E-state index contributed by atoms with van der Waals surface area (Å²) in [5.41, 5.74) is 3.96. The maximum Gasteiger partial charge on any atom is 0.134 e. The molecule has 1 aliphatic carbocycles. The van der Waals surface area contributed by atoms with Crippen LogP contribution in [-0.2, 0) is 0 Å². The fourth-order valence-corrected chi connectivity index (χ4v) is 4.47. The van der Waals surface area contributed by atoms with Gasteiger partial charge in [-0.15, -0.1) is 0 Å². The van der Waals surface area contributed by atoms with Gasteiger partial charge in [-0.05, 0) is 81.1 Å². The van der Waals surface area contributed by atoms with Crippen molar-refractivity contribution in [2.24, 2.45) is 5.92 Å². The number of halogens is 1. The molecule has 0 amide bonds. The Bertz CT molecular complexity index is 997. The molecule has 1 fully saturated rings. The van der Waals surface area contributed by atoms with Crippen molar-refractivity contribution < 1.29 is 5.11 Å². The van der Waals surface area contributed by atoms with E-state index in [0.717, 1.165) is 33.6 Å². The van der Waals surface area contributed by atoms with Crippen LogP contribution in [0.2, 0.25) is 5.02 Å². The molecule has 3 aromatic rings. The van der Waals surface area contributed by atoms with Crippen LogP contribution in [0.3, 0.4) is 0 Å². The first-order valence-electron chi connectivity index (χ1n) is 10.2. The fraction of sp³-hybridized carbons (Fsp3) is 0.375.